The third-order valence-corrected chi connectivity index (χ3v) is 2.91. The summed E-state index contributed by atoms with van der Waals surface area (Å²) in [5.41, 5.74) is -1.58. The minimum absolute atomic E-state index is 0.0720. The van der Waals surface area contributed by atoms with Crippen LogP contribution in [-0.2, 0) is 11.3 Å². The molecule has 0 bridgehead atoms. The van der Waals surface area contributed by atoms with Gasteiger partial charge in [-0.1, -0.05) is 11.6 Å². The number of hydrogen-bond donors (Lipinski definition) is 0. The summed E-state index contributed by atoms with van der Waals surface area (Å²) in [7, 11) is 0. The zero-order valence-corrected chi connectivity index (χ0v) is 11.3. The van der Waals surface area contributed by atoms with Crippen molar-refractivity contribution in [1.82, 2.24) is 0 Å². The fourth-order valence-corrected chi connectivity index (χ4v) is 1.81. The molecule has 0 amide bonds. The average molecular weight is 333 g/mol. The van der Waals surface area contributed by atoms with Gasteiger partial charge in [-0.15, -0.1) is 0 Å². The second kappa shape index (κ2) is 5.72. The molecule has 0 atom stereocenters. The molecule has 115 valence electrons. The van der Waals surface area contributed by atoms with Crippen LogP contribution < -0.4 is 4.74 Å². The second-order valence-corrected chi connectivity index (χ2v) is 4.54. The quantitative estimate of drug-likeness (QED) is 0.572. The lowest BCUT2D eigenvalue weighted by atomic mass is 10.2. The molecule has 2 aromatic rings. The van der Waals surface area contributed by atoms with E-state index in [0.29, 0.717) is 6.07 Å². The van der Waals surface area contributed by atoms with E-state index >= 15 is 0 Å². The number of nitro groups is 1. The van der Waals surface area contributed by atoms with E-state index in [-0.39, 0.29) is 16.5 Å². The Labute approximate surface area is 126 Å². The van der Waals surface area contributed by atoms with Gasteiger partial charge in [0.05, 0.1) is 15.5 Å². The van der Waals surface area contributed by atoms with Crippen LogP contribution in [0.15, 0.2) is 36.4 Å². The zero-order chi connectivity index (χ0) is 16.5. The molecule has 0 aliphatic heterocycles. The fraction of sp³-hybridized carbons (Fsp3) is 0.0769. The third kappa shape index (κ3) is 3.40. The Hall–Kier alpha value is -2.48. The van der Waals surface area contributed by atoms with Crippen molar-refractivity contribution in [3.63, 3.8) is 0 Å². The standard InChI is InChI=1S/C13H6ClF3NO4/c14-9-5-7(13(15,16)17)1-4-12(9)22-8-2-3-10(18(20)21)11(19)6-8/h1-6H. The first kappa shape index (κ1) is 15.9. The molecular formula is C13H6ClF3NO4. The maximum Gasteiger partial charge on any atom is 0.416 e. The highest BCUT2D eigenvalue weighted by Crippen LogP contribution is 2.38. The molecule has 22 heavy (non-hydrogen) atoms. The number of alkyl halides is 3. The van der Waals surface area contributed by atoms with Gasteiger partial charge < -0.3 is 4.74 Å². The predicted molar refractivity (Wildman–Crippen MR) is 69.8 cm³/mol. The largest absolute Gasteiger partial charge is 0.456 e. The molecule has 0 saturated heterocycles. The number of halogens is 4. The van der Waals surface area contributed by atoms with Crippen LogP contribution in [-0.4, -0.2) is 4.92 Å². The summed E-state index contributed by atoms with van der Waals surface area (Å²) in [5, 5.41) is 21.6. The molecule has 0 aliphatic rings. The van der Waals surface area contributed by atoms with Crippen molar-refractivity contribution in [2.24, 2.45) is 0 Å². The molecule has 0 aromatic heterocycles. The molecule has 0 saturated carbocycles. The number of hydrogen-bond acceptors (Lipinski definition) is 3. The zero-order valence-electron chi connectivity index (χ0n) is 10.6. The summed E-state index contributed by atoms with van der Waals surface area (Å²) < 4.78 is 42.7. The Kier molecular flexibility index (Phi) is 4.14. The highest BCUT2D eigenvalue weighted by Gasteiger charge is 2.31. The van der Waals surface area contributed by atoms with Gasteiger partial charge in [-0.25, -0.2) is 0 Å². The van der Waals surface area contributed by atoms with Gasteiger partial charge in [0.15, 0.2) is 0 Å². The summed E-state index contributed by atoms with van der Waals surface area (Å²) in [5.74, 6) is -1.06. The molecule has 0 unspecified atom stereocenters. The lowest BCUT2D eigenvalue weighted by Crippen LogP contribution is -2.04. The normalized spacial score (nSPS) is 11.3. The summed E-state index contributed by atoms with van der Waals surface area (Å²) >= 11 is 5.70. The maximum atomic E-state index is 12.5. The van der Waals surface area contributed by atoms with Crippen molar-refractivity contribution >= 4 is 17.3 Å². The van der Waals surface area contributed by atoms with Gasteiger partial charge >= 0.3 is 11.9 Å². The first-order valence-corrected chi connectivity index (χ1v) is 6.06. The Morgan fingerprint density at radius 1 is 1.14 bits per heavy atom. The van der Waals surface area contributed by atoms with Gasteiger partial charge in [-0.3, -0.25) is 15.2 Å². The second-order valence-electron chi connectivity index (χ2n) is 4.13. The summed E-state index contributed by atoms with van der Waals surface area (Å²) in [6.07, 6.45) is -4.54. The van der Waals surface area contributed by atoms with Crippen molar-refractivity contribution < 1.29 is 27.9 Å². The molecule has 0 N–H and O–H groups in total. The first-order valence-electron chi connectivity index (χ1n) is 5.68. The van der Waals surface area contributed by atoms with Crippen molar-refractivity contribution in [2.75, 3.05) is 0 Å². The molecule has 0 heterocycles. The highest BCUT2D eigenvalue weighted by atomic mass is 35.5. The van der Waals surface area contributed by atoms with E-state index in [9.17, 15) is 28.4 Å². The molecule has 2 rings (SSSR count). The van der Waals surface area contributed by atoms with Crippen molar-refractivity contribution in [3.8, 4) is 17.2 Å². The molecule has 0 fully saturated rings. The smallest absolute Gasteiger partial charge is 0.416 e. The van der Waals surface area contributed by atoms with Crippen LogP contribution in [0.5, 0.6) is 17.2 Å². The fourth-order valence-electron chi connectivity index (χ4n) is 1.60. The summed E-state index contributed by atoms with van der Waals surface area (Å²) in [6.45, 7) is 0. The van der Waals surface area contributed by atoms with E-state index in [4.69, 9.17) is 16.3 Å². The van der Waals surface area contributed by atoms with Crippen LogP contribution in [0.1, 0.15) is 5.56 Å². The van der Waals surface area contributed by atoms with E-state index in [2.05, 4.69) is 0 Å². The van der Waals surface area contributed by atoms with E-state index in [1.165, 1.54) is 0 Å². The Morgan fingerprint density at radius 3 is 2.32 bits per heavy atom. The van der Waals surface area contributed by atoms with Crippen molar-refractivity contribution in [3.05, 3.63) is 57.1 Å². The number of benzene rings is 2. The molecule has 5 nitrogen and oxygen atoms in total. The minimum atomic E-state index is -4.54. The maximum absolute atomic E-state index is 12.5. The number of rotatable bonds is 3. The number of ether oxygens (including phenoxy) is 1. The van der Waals surface area contributed by atoms with Gasteiger partial charge in [0.1, 0.15) is 11.5 Å². The lowest BCUT2D eigenvalue weighted by molar-refractivity contribution is -0.386. The number of nitrogens with zero attached hydrogens (tertiary/aromatic N) is 1. The molecule has 0 aliphatic carbocycles. The van der Waals surface area contributed by atoms with Crippen LogP contribution in [0.25, 0.3) is 0 Å². The Balaban J connectivity index is 2.28. The van der Waals surface area contributed by atoms with Gasteiger partial charge in [0.25, 0.3) is 5.75 Å². The SMILES string of the molecule is [O]c1cc(Oc2ccc(C(F)(F)F)cc2Cl)ccc1[N+](=O)[O-]. The highest BCUT2D eigenvalue weighted by molar-refractivity contribution is 6.32. The minimum Gasteiger partial charge on any atom is -0.456 e. The molecule has 0 spiro atoms. The Morgan fingerprint density at radius 2 is 1.82 bits per heavy atom. The van der Waals surface area contributed by atoms with Crippen molar-refractivity contribution in [2.45, 2.75) is 6.18 Å². The molecular weight excluding hydrogens is 327 g/mol. The number of nitro benzene ring substituents is 1. The molecule has 2 aromatic carbocycles. The Bertz CT molecular complexity index is 734. The lowest BCUT2D eigenvalue weighted by Gasteiger charge is -2.11. The van der Waals surface area contributed by atoms with Gasteiger partial charge in [0.2, 0.25) is 0 Å². The van der Waals surface area contributed by atoms with E-state index in [1.54, 1.807) is 0 Å². The summed E-state index contributed by atoms with van der Waals surface area (Å²) in [4.78, 5) is 9.66. The molecule has 9 heteroatoms. The van der Waals surface area contributed by atoms with Crippen LogP contribution >= 0.6 is 11.6 Å². The first-order chi connectivity index (χ1) is 10.2. The van der Waals surface area contributed by atoms with E-state index in [1.807, 2.05) is 0 Å². The van der Waals surface area contributed by atoms with Gasteiger partial charge in [-0.05, 0) is 24.3 Å². The van der Waals surface area contributed by atoms with Crippen LogP contribution in [0.4, 0.5) is 18.9 Å². The molecule has 1 radical (unpaired) electrons. The predicted octanol–water partition coefficient (Wildman–Crippen LogP) is 5.20. The van der Waals surface area contributed by atoms with Gasteiger partial charge in [-0.2, -0.15) is 13.2 Å². The van der Waals surface area contributed by atoms with Gasteiger partial charge in [0, 0.05) is 12.1 Å². The topological polar surface area (TPSA) is 72.3 Å². The van der Waals surface area contributed by atoms with E-state index < -0.39 is 28.1 Å². The van der Waals surface area contributed by atoms with Crippen LogP contribution in [0, 0.1) is 10.1 Å². The van der Waals surface area contributed by atoms with Crippen LogP contribution in [0.3, 0.4) is 0 Å². The average Bonchev–Trinajstić information content (AvgIpc) is 2.39. The van der Waals surface area contributed by atoms with Crippen LogP contribution in [0.2, 0.25) is 5.02 Å². The third-order valence-electron chi connectivity index (χ3n) is 2.61. The van der Waals surface area contributed by atoms with Crippen molar-refractivity contribution in [1.29, 1.82) is 0 Å². The monoisotopic (exact) mass is 332 g/mol. The van der Waals surface area contributed by atoms with E-state index in [0.717, 1.165) is 30.3 Å². The summed E-state index contributed by atoms with van der Waals surface area (Å²) in [6, 6.07) is 5.39.